The molecule has 1 N–H and O–H groups in total. The summed E-state index contributed by atoms with van der Waals surface area (Å²) in [6, 6.07) is 13.1. The van der Waals surface area contributed by atoms with E-state index in [1.54, 1.807) is 18.2 Å². The molecular formula is C25H30Cl2N4O2S. The Morgan fingerprint density at radius 2 is 1.74 bits per heavy atom. The molecule has 9 heteroatoms. The number of thioether (sulfide) groups is 1. The first-order valence-corrected chi connectivity index (χ1v) is 13.0. The molecule has 1 heterocycles. The van der Waals surface area contributed by atoms with E-state index in [-0.39, 0.29) is 17.8 Å². The van der Waals surface area contributed by atoms with Crippen molar-refractivity contribution in [3.8, 4) is 5.75 Å². The minimum atomic E-state index is -0.296. The standard InChI is InChI=1S/C25H30Cl2N4O2S/c1-15(2)13-31-24(17(5)33-20-9-6-18(7-10-20)16(3)4)29-30-25(31)34-14-23(32)28-19-8-11-21(26)22(27)12-19/h6-12,15-17H,13-14H2,1-5H3,(H,28,32). The zero-order valence-electron chi connectivity index (χ0n) is 20.0. The summed E-state index contributed by atoms with van der Waals surface area (Å²) in [5, 5.41) is 13.1. The average molecular weight is 522 g/mol. The molecule has 0 radical (unpaired) electrons. The van der Waals surface area contributed by atoms with Crippen LogP contribution in [0.1, 0.15) is 58.0 Å². The van der Waals surface area contributed by atoms with E-state index in [0.29, 0.717) is 32.7 Å². The third kappa shape index (κ3) is 7.14. The van der Waals surface area contributed by atoms with Gasteiger partial charge in [-0.25, -0.2) is 0 Å². The SMILES string of the molecule is CC(C)Cn1c(SCC(=O)Nc2ccc(Cl)c(Cl)c2)nnc1C(C)Oc1ccc(C(C)C)cc1. The molecule has 0 aliphatic carbocycles. The lowest BCUT2D eigenvalue weighted by molar-refractivity contribution is -0.113. The molecule has 182 valence electrons. The second kappa shape index (κ2) is 12.0. The summed E-state index contributed by atoms with van der Waals surface area (Å²) in [6.45, 7) is 11.3. The zero-order chi connectivity index (χ0) is 24.8. The molecule has 3 aromatic rings. The lowest BCUT2D eigenvalue weighted by Crippen LogP contribution is -2.17. The molecule has 1 aromatic heterocycles. The van der Waals surface area contributed by atoms with Crippen molar-refractivity contribution in [3.05, 3.63) is 63.9 Å². The molecule has 0 spiro atoms. The van der Waals surface area contributed by atoms with Crippen molar-refractivity contribution in [2.75, 3.05) is 11.1 Å². The number of amides is 1. The Balaban J connectivity index is 1.68. The first-order valence-electron chi connectivity index (χ1n) is 11.2. The molecule has 0 saturated carbocycles. The van der Waals surface area contributed by atoms with Crippen LogP contribution in [0.4, 0.5) is 5.69 Å². The molecule has 1 atom stereocenters. The molecule has 0 bridgehead atoms. The normalized spacial score (nSPS) is 12.3. The second-order valence-corrected chi connectivity index (χ2v) is 10.6. The van der Waals surface area contributed by atoms with Gasteiger partial charge in [0, 0.05) is 12.2 Å². The molecular weight excluding hydrogens is 491 g/mol. The Labute approximate surface area is 215 Å². The van der Waals surface area contributed by atoms with Gasteiger partial charge in [-0.05, 0) is 54.7 Å². The van der Waals surface area contributed by atoms with E-state index in [4.69, 9.17) is 27.9 Å². The van der Waals surface area contributed by atoms with Gasteiger partial charge < -0.3 is 14.6 Å². The van der Waals surface area contributed by atoms with Crippen LogP contribution in [0.15, 0.2) is 47.6 Å². The predicted octanol–water partition coefficient (Wildman–Crippen LogP) is 7.24. The van der Waals surface area contributed by atoms with E-state index in [0.717, 1.165) is 18.1 Å². The van der Waals surface area contributed by atoms with Gasteiger partial charge in [-0.2, -0.15) is 0 Å². The Morgan fingerprint density at radius 1 is 1.03 bits per heavy atom. The summed E-state index contributed by atoms with van der Waals surface area (Å²) in [5.74, 6) is 2.37. The molecule has 0 saturated heterocycles. The highest BCUT2D eigenvalue weighted by Crippen LogP contribution is 2.28. The van der Waals surface area contributed by atoms with Crippen molar-refractivity contribution in [1.82, 2.24) is 14.8 Å². The number of aromatic nitrogens is 3. The van der Waals surface area contributed by atoms with Crippen molar-refractivity contribution in [2.24, 2.45) is 5.92 Å². The monoisotopic (exact) mass is 520 g/mol. The maximum Gasteiger partial charge on any atom is 0.234 e. The lowest BCUT2D eigenvalue weighted by atomic mass is 10.0. The quantitative estimate of drug-likeness (QED) is 0.285. The maximum atomic E-state index is 12.5. The van der Waals surface area contributed by atoms with Crippen molar-refractivity contribution in [2.45, 2.75) is 58.3 Å². The topological polar surface area (TPSA) is 69.0 Å². The van der Waals surface area contributed by atoms with E-state index in [1.165, 1.54) is 17.3 Å². The minimum absolute atomic E-state index is 0.168. The van der Waals surface area contributed by atoms with Gasteiger partial charge in [-0.15, -0.1) is 10.2 Å². The van der Waals surface area contributed by atoms with Gasteiger partial charge in [-0.1, -0.05) is 74.8 Å². The fourth-order valence-electron chi connectivity index (χ4n) is 3.33. The summed E-state index contributed by atoms with van der Waals surface area (Å²) in [5.41, 5.74) is 1.86. The molecule has 1 amide bonds. The molecule has 3 rings (SSSR count). The Kier molecular flexibility index (Phi) is 9.28. The second-order valence-electron chi connectivity index (χ2n) is 8.79. The van der Waals surface area contributed by atoms with Gasteiger partial charge in [0.1, 0.15) is 5.75 Å². The summed E-state index contributed by atoms with van der Waals surface area (Å²) < 4.78 is 8.20. The number of carbonyl (C=O) groups excluding carboxylic acids is 1. The average Bonchev–Trinajstić information content (AvgIpc) is 3.17. The number of nitrogens with zero attached hydrogens (tertiary/aromatic N) is 3. The Bertz CT molecular complexity index is 1120. The summed E-state index contributed by atoms with van der Waals surface area (Å²) in [6.07, 6.45) is -0.296. The van der Waals surface area contributed by atoms with Crippen LogP contribution in [0.2, 0.25) is 10.0 Å². The minimum Gasteiger partial charge on any atom is -0.483 e. The molecule has 1 unspecified atom stereocenters. The first kappa shape index (κ1) is 26.4. The van der Waals surface area contributed by atoms with Crippen LogP contribution in [0.25, 0.3) is 0 Å². The van der Waals surface area contributed by atoms with Gasteiger partial charge in [0.2, 0.25) is 5.91 Å². The lowest BCUT2D eigenvalue weighted by Gasteiger charge is -2.18. The van der Waals surface area contributed by atoms with E-state index < -0.39 is 0 Å². The van der Waals surface area contributed by atoms with Crippen molar-refractivity contribution in [1.29, 1.82) is 0 Å². The fourth-order valence-corrected chi connectivity index (χ4v) is 4.39. The van der Waals surface area contributed by atoms with Crippen LogP contribution in [0.5, 0.6) is 5.75 Å². The van der Waals surface area contributed by atoms with Crippen LogP contribution < -0.4 is 10.1 Å². The zero-order valence-corrected chi connectivity index (χ0v) is 22.3. The number of hydrogen-bond acceptors (Lipinski definition) is 5. The van der Waals surface area contributed by atoms with E-state index >= 15 is 0 Å². The highest BCUT2D eigenvalue weighted by molar-refractivity contribution is 7.99. The number of ether oxygens (including phenoxy) is 1. The van der Waals surface area contributed by atoms with Crippen molar-refractivity contribution >= 4 is 46.6 Å². The molecule has 0 fully saturated rings. The van der Waals surface area contributed by atoms with Crippen LogP contribution in [-0.2, 0) is 11.3 Å². The fraction of sp³-hybridized carbons (Fsp3) is 0.400. The predicted molar refractivity (Wildman–Crippen MR) is 140 cm³/mol. The Hall–Kier alpha value is -2.22. The largest absolute Gasteiger partial charge is 0.483 e. The van der Waals surface area contributed by atoms with Gasteiger partial charge >= 0.3 is 0 Å². The number of benzene rings is 2. The smallest absolute Gasteiger partial charge is 0.234 e. The molecule has 2 aromatic carbocycles. The molecule has 34 heavy (non-hydrogen) atoms. The van der Waals surface area contributed by atoms with Crippen LogP contribution in [0, 0.1) is 5.92 Å². The van der Waals surface area contributed by atoms with Crippen molar-refractivity contribution < 1.29 is 9.53 Å². The van der Waals surface area contributed by atoms with E-state index in [9.17, 15) is 4.79 Å². The summed E-state index contributed by atoms with van der Waals surface area (Å²) in [4.78, 5) is 12.5. The van der Waals surface area contributed by atoms with Gasteiger partial charge in [0.25, 0.3) is 0 Å². The molecule has 6 nitrogen and oxygen atoms in total. The third-order valence-electron chi connectivity index (χ3n) is 5.05. The summed E-state index contributed by atoms with van der Waals surface area (Å²) in [7, 11) is 0. The third-order valence-corrected chi connectivity index (χ3v) is 6.76. The van der Waals surface area contributed by atoms with Gasteiger partial charge in [-0.3, -0.25) is 4.79 Å². The number of carbonyl (C=O) groups is 1. The summed E-state index contributed by atoms with van der Waals surface area (Å²) >= 11 is 13.3. The highest BCUT2D eigenvalue weighted by atomic mass is 35.5. The highest BCUT2D eigenvalue weighted by Gasteiger charge is 2.21. The number of nitrogens with one attached hydrogen (secondary N) is 1. The number of rotatable bonds is 10. The van der Waals surface area contributed by atoms with E-state index in [2.05, 4.69) is 55.3 Å². The first-order chi connectivity index (χ1) is 16.1. The van der Waals surface area contributed by atoms with Crippen molar-refractivity contribution in [3.63, 3.8) is 0 Å². The van der Waals surface area contributed by atoms with Crippen LogP contribution in [0.3, 0.4) is 0 Å². The number of halogens is 2. The Morgan fingerprint density at radius 3 is 2.35 bits per heavy atom. The number of hydrogen-bond donors (Lipinski definition) is 1. The number of anilines is 1. The van der Waals surface area contributed by atoms with Crippen LogP contribution >= 0.6 is 35.0 Å². The molecule has 0 aliphatic rings. The molecule has 0 aliphatic heterocycles. The van der Waals surface area contributed by atoms with Crippen LogP contribution in [-0.4, -0.2) is 26.4 Å². The maximum absolute atomic E-state index is 12.5. The van der Waals surface area contributed by atoms with E-state index in [1.807, 2.05) is 23.6 Å². The van der Waals surface area contributed by atoms with Gasteiger partial charge in [0.15, 0.2) is 17.1 Å². The van der Waals surface area contributed by atoms with Gasteiger partial charge in [0.05, 0.1) is 15.8 Å².